The zero-order valence-corrected chi connectivity index (χ0v) is 13.0. The van der Waals surface area contributed by atoms with Crippen molar-refractivity contribution in [3.05, 3.63) is 20.8 Å². The lowest BCUT2D eigenvalue weighted by atomic mass is 9.88. The van der Waals surface area contributed by atoms with Gasteiger partial charge in [-0.2, -0.15) is 0 Å². The molecular formula is C13H21BrN2S. The molecule has 1 aromatic heterocycles. The van der Waals surface area contributed by atoms with Crippen molar-refractivity contribution in [2.75, 3.05) is 26.7 Å². The molecular weight excluding hydrogens is 296 g/mol. The molecule has 0 spiro atoms. The minimum Gasteiger partial charge on any atom is -0.317 e. The van der Waals surface area contributed by atoms with Crippen LogP contribution in [0.4, 0.5) is 0 Å². The molecule has 0 amide bonds. The number of nitrogens with zero attached hydrogens (tertiary/aromatic N) is 1. The number of thiophene rings is 1. The van der Waals surface area contributed by atoms with E-state index in [0.29, 0.717) is 6.04 Å². The van der Waals surface area contributed by atoms with Gasteiger partial charge in [0.15, 0.2) is 0 Å². The molecule has 2 atom stereocenters. The van der Waals surface area contributed by atoms with Crippen LogP contribution in [0.1, 0.15) is 30.7 Å². The zero-order valence-electron chi connectivity index (χ0n) is 10.6. The number of likely N-dealkylation sites (tertiary alicyclic amines) is 1. The van der Waals surface area contributed by atoms with Gasteiger partial charge in [-0.1, -0.05) is 6.92 Å². The SMILES string of the molecule is CCNCC1CCCN(C)C1c1cc(Br)cs1. The monoisotopic (exact) mass is 316 g/mol. The summed E-state index contributed by atoms with van der Waals surface area (Å²) in [4.78, 5) is 4.02. The molecule has 17 heavy (non-hydrogen) atoms. The predicted molar refractivity (Wildman–Crippen MR) is 78.7 cm³/mol. The largest absolute Gasteiger partial charge is 0.317 e. The molecule has 2 rings (SSSR count). The Kier molecular flexibility index (Phi) is 5.03. The van der Waals surface area contributed by atoms with Crippen LogP contribution in [0, 0.1) is 5.92 Å². The molecule has 96 valence electrons. The number of halogens is 1. The van der Waals surface area contributed by atoms with Gasteiger partial charge in [0.05, 0.1) is 0 Å². The molecule has 1 saturated heterocycles. The summed E-state index contributed by atoms with van der Waals surface area (Å²) in [5.41, 5.74) is 0. The Labute approximate surface area is 117 Å². The summed E-state index contributed by atoms with van der Waals surface area (Å²) in [5, 5.41) is 5.71. The highest BCUT2D eigenvalue weighted by Gasteiger charge is 2.30. The van der Waals surface area contributed by atoms with E-state index in [1.165, 1.54) is 28.7 Å². The summed E-state index contributed by atoms with van der Waals surface area (Å²) >= 11 is 5.45. The summed E-state index contributed by atoms with van der Waals surface area (Å²) in [6, 6.07) is 2.88. The Morgan fingerprint density at radius 2 is 2.41 bits per heavy atom. The molecule has 4 heteroatoms. The van der Waals surface area contributed by atoms with Crippen molar-refractivity contribution in [3.63, 3.8) is 0 Å². The first-order valence-corrected chi connectivity index (χ1v) is 8.04. The van der Waals surface area contributed by atoms with Crippen molar-refractivity contribution in [1.82, 2.24) is 10.2 Å². The second-order valence-corrected chi connectivity index (χ2v) is 6.66. The number of rotatable bonds is 4. The van der Waals surface area contributed by atoms with Gasteiger partial charge in [0.2, 0.25) is 0 Å². The molecule has 1 aliphatic heterocycles. The van der Waals surface area contributed by atoms with Crippen LogP contribution < -0.4 is 5.32 Å². The third-order valence-corrected chi connectivity index (χ3v) is 5.31. The molecule has 2 nitrogen and oxygen atoms in total. The highest BCUT2D eigenvalue weighted by Crippen LogP contribution is 2.38. The van der Waals surface area contributed by atoms with E-state index in [2.05, 4.69) is 51.6 Å². The minimum absolute atomic E-state index is 0.596. The lowest BCUT2D eigenvalue weighted by molar-refractivity contribution is 0.122. The summed E-state index contributed by atoms with van der Waals surface area (Å²) < 4.78 is 1.22. The minimum atomic E-state index is 0.596. The first-order valence-electron chi connectivity index (χ1n) is 6.37. The van der Waals surface area contributed by atoms with Gasteiger partial charge in [0, 0.05) is 20.8 Å². The highest BCUT2D eigenvalue weighted by atomic mass is 79.9. The van der Waals surface area contributed by atoms with Crippen LogP contribution in [0.25, 0.3) is 0 Å². The van der Waals surface area contributed by atoms with Crippen LogP contribution in [0.5, 0.6) is 0 Å². The average Bonchev–Trinajstić information content (AvgIpc) is 2.73. The van der Waals surface area contributed by atoms with E-state index in [4.69, 9.17) is 0 Å². The summed E-state index contributed by atoms with van der Waals surface area (Å²) in [5.74, 6) is 0.749. The van der Waals surface area contributed by atoms with E-state index in [-0.39, 0.29) is 0 Å². The Hall–Kier alpha value is 0.1000. The van der Waals surface area contributed by atoms with Crippen LogP contribution in [0.3, 0.4) is 0 Å². The molecule has 1 fully saturated rings. The average molecular weight is 317 g/mol. The quantitative estimate of drug-likeness (QED) is 0.914. The fraction of sp³-hybridized carbons (Fsp3) is 0.692. The number of nitrogens with one attached hydrogen (secondary N) is 1. The fourth-order valence-electron chi connectivity index (χ4n) is 2.74. The van der Waals surface area contributed by atoms with Crippen molar-refractivity contribution in [2.24, 2.45) is 5.92 Å². The molecule has 1 aliphatic rings. The molecule has 0 aliphatic carbocycles. The summed E-state index contributed by atoms with van der Waals surface area (Å²) in [6.45, 7) is 5.62. The highest BCUT2D eigenvalue weighted by molar-refractivity contribution is 9.10. The molecule has 2 heterocycles. The Morgan fingerprint density at radius 1 is 1.59 bits per heavy atom. The number of hydrogen-bond donors (Lipinski definition) is 1. The first-order chi connectivity index (χ1) is 8.22. The third kappa shape index (κ3) is 3.31. The Morgan fingerprint density at radius 3 is 3.06 bits per heavy atom. The van der Waals surface area contributed by atoms with Crippen LogP contribution in [0.2, 0.25) is 0 Å². The standard InChI is InChI=1S/C13H21BrN2S/c1-3-15-8-10-5-4-6-16(2)13(10)12-7-11(14)9-17-12/h7,9-10,13,15H,3-6,8H2,1-2H3. The zero-order chi connectivity index (χ0) is 12.3. The smallest absolute Gasteiger partial charge is 0.0479 e. The maximum atomic E-state index is 3.57. The lowest BCUT2D eigenvalue weighted by Gasteiger charge is -2.39. The molecule has 1 aromatic rings. The molecule has 2 unspecified atom stereocenters. The number of hydrogen-bond acceptors (Lipinski definition) is 3. The van der Waals surface area contributed by atoms with E-state index < -0.39 is 0 Å². The lowest BCUT2D eigenvalue weighted by Crippen LogP contribution is -2.40. The van der Waals surface area contributed by atoms with Crippen LogP contribution in [-0.4, -0.2) is 31.6 Å². The molecule has 0 aromatic carbocycles. The van der Waals surface area contributed by atoms with Crippen molar-refractivity contribution >= 4 is 27.3 Å². The van der Waals surface area contributed by atoms with E-state index in [9.17, 15) is 0 Å². The van der Waals surface area contributed by atoms with E-state index in [1.807, 2.05) is 11.3 Å². The van der Waals surface area contributed by atoms with Crippen molar-refractivity contribution < 1.29 is 0 Å². The third-order valence-electron chi connectivity index (χ3n) is 3.54. The Balaban J connectivity index is 2.12. The van der Waals surface area contributed by atoms with Crippen molar-refractivity contribution in [1.29, 1.82) is 0 Å². The van der Waals surface area contributed by atoms with E-state index >= 15 is 0 Å². The van der Waals surface area contributed by atoms with Gasteiger partial charge in [-0.25, -0.2) is 0 Å². The van der Waals surface area contributed by atoms with Gasteiger partial charge in [-0.3, -0.25) is 4.90 Å². The van der Waals surface area contributed by atoms with Gasteiger partial charge in [-0.15, -0.1) is 11.3 Å². The first kappa shape index (κ1) is 13.5. The Bertz CT molecular complexity index is 353. The molecule has 0 radical (unpaired) electrons. The van der Waals surface area contributed by atoms with Gasteiger partial charge in [0.25, 0.3) is 0 Å². The topological polar surface area (TPSA) is 15.3 Å². The van der Waals surface area contributed by atoms with E-state index in [0.717, 1.165) is 19.0 Å². The predicted octanol–water partition coefficient (Wildman–Crippen LogP) is 3.50. The molecule has 0 bridgehead atoms. The van der Waals surface area contributed by atoms with Gasteiger partial charge < -0.3 is 5.32 Å². The van der Waals surface area contributed by atoms with Crippen LogP contribution in [0.15, 0.2) is 15.9 Å². The fourth-order valence-corrected chi connectivity index (χ4v) is 4.44. The van der Waals surface area contributed by atoms with Crippen molar-refractivity contribution in [2.45, 2.75) is 25.8 Å². The summed E-state index contributed by atoms with van der Waals surface area (Å²) in [6.07, 6.45) is 2.67. The molecule has 0 saturated carbocycles. The second-order valence-electron chi connectivity index (χ2n) is 4.80. The van der Waals surface area contributed by atoms with Gasteiger partial charge in [-0.05, 0) is 67.4 Å². The maximum absolute atomic E-state index is 3.57. The van der Waals surface area contributed by atoms with Crippen LogP contribution >= 0.6 is 27.3 Å². The van der Waals surface area contributed by atoms with Gasteiger partial charge in [0.1, 0.15) is 0 Å². The maximum Gasteiger partial charge on any atom is 0.0479 e. The second kappa shape index (κ2) is 6.32. The normalized spacial score (nSPS) is 26.3. The number of piperidine rings is 1. The molecule has 1 N–H and O–H groups in total. The van der Waals surface area contributed by atoms with Gasteiger partial charge >= 0.3 is 0 Å². The van der Waals surface area contributed by atoms with E-state index in [1.54, 1.807) is 0 Å². The van der Waals surface area contributed by atoms with Crippen LogP contribution in [-0.2, 0) is 0 Å². The van der Waals surface area contributed by atoms with Crippen molar-refractivity contribution in [3.8, 4) is 0 Å². The summed E-state index contributed by atoms with van der Waals surface area (Å²) in [7, 11) is 2.26.